The summed E-state index contributed by atoms with van der Waals surface area (Å²) in [5.41, 5.74) is 5.10. The number of methoxy groups -OCH3 is 1. The zero-order valence-corrected chi connectivity index (χ0v) is 21.0. The Bertz CT molecular complexity index is 1740. The molecule has 7 nitrogen and oxygen atoms in total. The fourth-order valence-corrected chi connectivity index (χ4v) is 5.02. The Balaban J connectivity index is 1.27. The zero-order chi connectivity index (χ0) is 25.2. The van der Waals surface area contributed by atoms with E-state index in [-0.39, 0.29) is 0 Å². The molecule has 0 aliphatic rings. The molecule has 0 aliphatic carbocycles. The van der Waals surface area contributed by atoms with E-state index in [0.29, 0.717) is 11.6 Å². The van der Waals surface area contributed by atoms with Crippen molar-refractivity contribution in [2.75, 3.05) is 12.4 Å². The molecule has 0 saturated carbocycles. The van der Waals surface area contributed by atoms with Crippen molar-refractivity contribution in [3.8, 4) is 17.1 Å². The summed E-state index contributed by atoms with van der Waals surface area (Å²) in [6, 6.07) is 26.1. The molecule has 0 bridgehead atoms. The van der Waals surface area contributed by atoms with Gasteiger partial charge in [0.2, 0.25) is 0 Å². The highest BCUT2D eigenvalue weighted by Crippen LogP contribution is 2.34. The third-order valence-corrected chi connectivity index (χ3v) is 6.97. The van der Waals surface area contributed by atoms with E-state index in [0.717, 1.165) is 54.4 Å². The second kappa shape index (κ2) is 9.83. The number of anilines is 2. The van der Waals surface area contributed by atoms with E-state index in [4.69, 9.17) is 4.74 Å². The summed E-state index contributed by atoms with van der Waals surface area (Å²) in [5, 5.41) is 14.5. The number of rotatable bonds is 6. The number of fused-ring (bicyclic) bond motifs is 2. The Hall–Kier alpha value is -4.56. The maximum absolute atomic E-state index is 5.27. The summed E-state index contributed by atoms with van der Waals surface area (Å²) < 4.78 is 5.27. The van der Waals surface area contributed by atoms with E-state index < -0.39 is 0 Å². The van der Waals surface area contributed by atoms with Gasteiger partial charge in [0.25, 0.3) is 0 Å². The third-order valence-electron chi connectivity index (χ3n) is 5.91. The molecule has 0 aliphatic heterocycles. The molecule has 0 radical (unpaired) electrons. The first-order chi connectivity index (χ1) is 18.2. The van der Waals surface area contributed by atoms with Crippen LogP contribution in [0.3, 0.4) is 0 Å². The predicted molar refractivity (Wildman–Crippen MR) is 147 cm³/mol. The lowest BCUT2D eigenvalue weighted by molar-refractivity contribution is 0.413. The molecule has 6 aromatic rings. The Labute approximate surface area is 218 Å². The molecule has 180 valence electrons. The van der Waals surface area contributed by atoms with E-state index in [1.807, 2.05) is 67.6 Å². The van der Waals surface area contributed by atoms with Gasteiger partial charge >= 0.3 is 0 Å². The monoisotopic (exact) mass is 502 g/mol. The molecule has 0 atom stereocenters. The summed E-state index contributed by atoms with van der Waals surface area (Å²) in [5.74, 6) is 1.39. The van der Waals surface area contributed by atoms with Crippen LogP contribution in [0.25, 0.3) is 33.2 Å². The second-order valence-corrected chi connectivity index (χ2v) is 9.53. The number of aromatic nitrogens is 5. The quantitative estimate of drug-likeness (QED) is 0.265. The number of hydrogen-bond donors (Lipinski definition) is 1. The van der Waals surface area contributed by atoms with Crippen LogP contribution in [0.2, 0.25) is 0 Å². The second-order valence-electron chi connectivity index (χ2n) is 8.41. The van der Waals surface area contributed by atoms with E-state index in [9.17, 15) is 0 Å². The highest BCUT2D eigenvalue weighted by Gasteiger charge is 2.13. The van der Waals surface area contributed by atoms with Crippen molar-refractivity contribution in [1.29, 1.82) is 0 Å². The van der Waals surface area contributed by atoms with E-state index >= 15 is 0 Å². The van der Waals surface area contributed by atoms with Gasteiger partial charge in [0.15, 0.2) is 5.82 Å². The van der Waals surface area contributed by atoms with Crippen LogP contribution in [0.5, 0.6) is 5.75 Å². The van der Waals surface area contributed by atoms with Crippen LogP contribution in [0, 0.1) is 6.92 Å². The lowest BCUT2D eigenvalue weighted by atomic mass is 10.1. The Morgan fingerprint density at radius 3 is 2.49 bits per heavy atom. The first-order valence-corrected chi connectivity index (χ1v) is 12.5. The SMILES string of the molecule is COc1cnc2c(Sc3ccc(Nc4nnc(-c5cccc(C)n5)c5ccccc45)cc3)ccnc2c1. The van der Waals surface area contributed by atoms with Gasteiger partial charge in [-0.15, -0.1) is 10.2 Å². The average molecular weight is 503 g/mol. The summed E-state index contributed by atoms with van der Waals surface area (Å²) >= 11 is 1.64. The molecule has 0 spiro atoms. The van der Waals surface area contributed by atoms with Crippen molar-refractivity contribution in [3.05, 3.63) is 97.0 Å². The van der Waals surface area contributed by atoms with Crippen LogP contribution >= 0.6 is 11.8 Å². The Kier molecular flexibility index (Phi) is 6.08. The number of hydrogen-bond acceptors (Lipinski definition) is 8. The molecule has 0 saturated heterocycles. The first-order valence-electron chi connectivity index (χ1n) is 11.7. The molecule has 2 aromatic carbocycles. The van der Waals surface area contributed by atoms with Gasteiger partial charge in [-0.25, -0.2) is 4.98 Å². The highest BCUT2D eigenvalue weighted by atomic mass is 32.2. The normalized spacial score (nSPS) is 11.1. The minimum atomic E-state index is 0.691. The van der Waals surface area contributed by atoms with E-state index in [1.165, 1.54) is 0 Å². The van der Waals surface area contributed by atoms with Crippen LogP contribution in [0.4, 0.5) is 11.5 Å². The number of nitrogens with one attached hydrogen (secondary N) is 1. The number of ether oxygens (including phenoxy) is 1. The minimum absolute atomic E-state index is 0.691. The van der Waals surface area contributed by atoms with Gasteiger partial charge < -0.3 is 10.1 Å². The molecular formula is C29H22N6OS. The Morgan fingerprint density at radius 2 is 1.68 bits per heavy atom. The summed E-state index contributed by atoms with van der Waals surface area (Å²) in [7, 11) is 1.63. The molecule has 8 heteroatoms. The van der Waals surface area contributed by atoms with Crippen molar-refractivity contribution in [2.45, 2.75) is 16.7 Å². The molecule has 1 N–H and O–H groups in total. The van der Waals surface area contributed by atoms with Crippen molar-refractivity contribution < 1.29 is 4.74 Å². The maximum Gasteiger partial charge on any atom is 0.161 e. The third kappa shape index (κ3) is 4.66. The summed E-state index contributed by atoms with van der Waals surface area (Å²) in [4.78, 5) is 15.7. The number of benzene rings is 2. The van der Waals surface area contributed by atoms with Crippen molar-refractivity contribution >= 4 is 45.1 Å². The number of aryl methyl sites for hydroxylation is 1. The molecule has 0 amide bonds. The molecule has 6 rings (SSSR count). The first kappa shape index (κ1) is 22.9. The molecular weight excluding hydrogens is 480 g/mol. The van der Waals surface area contributed by atoms with Crippen molar-refractivity contribution in [2.24, 2.45) is 0 Å². The predicted octanol–water partition coefficient (Wildman–Crippen LogP) is 6.85. The molecule has 4 heterocycles. The van der Waals surface area contributed by atoms with Crippen LogP contribution in [0.1, 0.15) is 5.69 Å². The van der Waals surface area contributed by atoms with Gasteiger partial charge in [-0.1, -0.05) is 42.1 Å². The summed E-state index contributed by atoms with van der Waals surface area (Å²) in [6.07, 6.45) is 3.51. The molecule has 4 aromatic heterocycles. The van der Waals surface area contributed by atoms with Crippen LogP contribution in [-0.2, 0) is 0 Å². The Morgan fingerprint density at radius 1 is 0.838 bits per heavy atom. The van der Waals surface area contributed by atoms with Crippen molar-refractivity contribution in [3.63, 3.8) is 0 Å². The maximum atomic E-state index is 5.27. The fraction of sp³-hybridized carbons (Fsp3) is 0.0690. The van der Waals surface area contributed by atoms with Gasteiger partial charge in [-0.3, -0.25) is 9.97 Å². The largest absolute Gasteiger partial charge is 0.495 e. The van der Waals surface area contributed by atoms with Gasteiger partial charge in [-0.2, -0.15) is 0 Å². The van der Waals surface area contributed by atoms with Crippen molar-refractivity contribution in [1.82, 2.24) is 25.1 Å². The van der Waals surface area contributed by atoms with Crippen LogP contribution < -0.4 is 10.1 Å². The van der Waals surface area contributed by atoms with Crippen LogP contribution in [-0.4, -0.2) is 32.3 Å². The standard InChI is InChI=1S/C29H22N6OS/c1-18-6-5-9-24(32-18)27-22-7-3-4-8-23(22)29(35-34-27)33-19-10-12-21(13-11-19)37-26-14-15-30-25-16-20(36-2)17-31-28(25)26/h3-17H,1-2H3,(H,33,35). The van der Waals surface area contributed by atoms with Gasteiger partial charge in [0, 0.05) is 44.2 Å². The smallest absolute Gasteiger partial charge is 0.161 e. The molecule has 0 unspecified atom stereocenters. The van der Waals surface area contributed by atoms with Gasteiger partial charge in [0.1, 0.15) is 17.0 Å². The van der Waals surface area contributed by atoms with E-state index in [2.05, 4.69) is 48.7 Å². The lowest BCUT2D eigenvalue weighted by Crippen LogP contribution is -2.00. The van der Waals surface area contributed by atoms with E-state index in [1.54, 1.807) is 31.3 Å². The molecule has 37 heavy (non-hydrogen) atoms. The highest BCUT2D eigenvalue weighted by molar-refractivity contribution is 7.99. The minimum Gasteiger partial charge on any atom is -0.495 e. The average Bonchev–Trinajstić information content (AvgIpc) is 2.94. The van der Waals surface area contributed by atoms with Crippen LogP contribution in [0.15, 0.2) is 101 Å². The lowest BCUT2D eigenvalue weighted by Gasteiger charge is -2.12. The number of pyridine rings is 3. The van der Waals surface area contributed by atoms with Gasteiger partial charge in [0.05, 0.1) is 24.5 Å². The topological polar surface area (TPSA) is 85.7 Å². The fourth-order valence-electron chi connectivity index (χ4n) is 4.11. The molecule has 0 fully saturated rings. The zero-order valence-electron chi connectivity index (χ0n) is 20.2. The van der Waals surface area contributed by atoms with Gasteiger partial charge in [-0.05, 0) is 49.4 Å². The summed E-state index contributed by atoms with van der Waals surface area (Å²) in [6.45, 7) is 1.97. The number of nitrogens with zero attached hydrogens (tertiary/aromatic N) is 5.